The van der Waals surface area contributed by atoms with E-state index in [2.05, 4.69) is 16.0 Å². The monoisotopic (exact) mass is 193 g/mol. The van der Waals surface area contributed by atoms with Crippen LogP contribution in [-0.4, -0.2) is 11.7 Å². The molecule has 1 radical (unpaired) electrons. The first kappa shape index (κ1) is 8.92. The number of hydrogen-bond donors (Lipinski definition) is 0. The van der Waals surface area contributed by atoms with Gasteiger partial charge in [0.15, 0.2) is 0 Å². The van der Waals surface area contributed by atoms with E-state index in [0.717, 1.165) is 0 Å². The van der Waals surface area contributed by atoms with Gasteiger partial charge in [0.05, 0.1) is 0 Å². The molecule has 0 unspecified atom stereocenters. The van der Waals surface area contributed by atoms with E-state index in [-0.39, 0.29) is 32.7 Å². The van der Waals surface area contributed by atoms with Crippen LogP contribution in [0.25, 0.3) is 0 Å². The van der Waals surface area contributed by atoms with E-state index in [1.54, 1.807) is 18.5 Å². The predicted molar refractivity (Wildman–Crippen MR) is 31.2 cm³/mol. The first-order valence-electron chi connectivity index (χ1n) is 2.16. The van der Waals surface area contributed by atoms with Crippen LogP contribution in [0.15, 0.2) is 23.5 Å². The third kappa shape index (κ3) is 2.82. The van der Waals surface area contributed by atoms with Crippen LogP contribution >= 0.6 is 0 Å². The first-order chi connectivity index (χ1) is 3.93. The van der Waals surface area contributed by atoms with Crippen LogP contribution in [0.4, 0.5) is 5.69 Å². The fourth-order valence-corrected chi connectivity index (χ4v) is 0.387. The molecule has 1 rings (SSSR count). The molecule has 0 spiro atoms. The molecule has 0 aliphatic heterocycles. The fourth-order valence-electron chi connectivity index (χ4n) is 0.387. The molecule has 0 fully saturated rings. The third-order valence-corrected chi connectivity index (χ3v) is 0.728. The summed E-state index contributed by atoms with van der Waals surface area (Å²) in [4.78, 5) is 7.10. The Kier molecular flexibility index (Phi) is 4.73. The zero-order valence-electron chi connectivity index (χ0n) is 4.78. The molecule has 0 amide bonds. The SMILES string of the molecule is [CH-]=Nc1[c-]ccnc1.[Y]. The van der Waals surface area contributed by atoms with Gasteiger partial charge < -0.3 is 9.98 Å². The minimum Gasteiger partial charge on any atom is -0.484 e. The van der Waals surface area contributed by atoms with Crippen molar-refractivity contribution in [1.29, 1.82) is 0 Å². The molecule has 0 bridgehead atoms. The second kappa shape index (κ2) is 4.77. The van der Waals surface area contributed by atoms with Crippen molar-refractivity contribution in [3.63, 3.8) is 0 Å². The molecule has 1 heterocycles. The van der Waals surface area contributed by atoms with Crippen molar-refractivity contribution in [2.75, 3.05) is 0 Å². The maximum absolute atomic E-state index is 4.90. The number of aliphatic imine (C=N–C) groups is 1. The summed E-state index contributed by atoms with van der Waals surface area (Å²) in [6.45, 7) is 4.90. The molecular weight excluding hydrogens is 189 g/mol. The maximum atomic E-state index is 4.90. The van der Waals surface area contributed by atoms with Crippen LogP contribution in [-0.2, 0) is 32.7 Å². The largest absolute Gasteiger partial charge is 0.484 e. The number of hydrogen-bond acceptors (Lipinski definition) is 2. The standard InChI is InChI=1S/C6H4N2.Y/c1-7-6-3-2-4-8-5-6;/h1-2,4-5H;/q-2;. The van der Waals surface area contributed by atoms with Crippen molar-refractivity contribution in [3.05, 3.63) is 24.5 Å². The zero-order valence-corrected chi connectivity index (χ0v) is 7.62. The van der Waals surface area contributed by atoms with Gasteiger partial charge in [-0.25, -0.2) is 0 Å². The molecule has 43 valence electrons. The summed E-state index contributed by atoms with van der Waals surface area (Å²) in [7, 11) is 0. The molecule has 0 aromatic carbocycles. The minimum absolute atomic E-state index is 0. The Balaban J connectivity index is 0.000000640. The van der Waals surface area contributed by atoms with Crippen molar-refractivity contribution in [3.8, 4) is 0 Å². The molecule has 0 aliphatic rings. The summed E-state index contributed by atoms with van der Waals surface area (Å²) in [5, 5.41) is 0. The molecule has 0 saturated carbocycles. The minimum atomic E-state index is 0. The van der Waals surface area contributed by atoms with Crippen LogP contribution < -0.4 is 0 Å². The van der Waals surface area contributed by atoms with E-state index in [4.69, 9.17) is 6.72 Å². The predicted octanol–water partition coefficient (Wildman–Crippen LogP) is 1.09. The van der Waals surface area contributed by atoms with Crippen LogP contribution in [0, 0.1) is 6.07 Å². The fraction of sp³-hybridized carbons (Fsp3) is 0. The maximum Gasteiger partial charge on any atom is 0 e. The van der Waals surface area contributed by atoms with Crippen LogP contribution in [0.1, 0.15) is 0 Å². The van der Waals surface area contributed by atoms with Crippen molar-refractivity contribution >= 4 is 12.4 Å². The first-order valence-corrected chi connectivity index (χ1v) is 2.16. The number of aromatic nitrogens is 1. The molecule has 3 heteroatoms. The van der Waals surface area contributed by atoms with E-state index < -0.39 is 0 Å². The summed E-state index contributed by atoms with van der Waals surface area (Å²) in [6, 6.07) is 4.42. The number of pyridine rings is 1. The third-order valence-electron chi connectivity index (χ3n) is 0.728. The van der Waals surface area contributed by atoms with Gasteiger partial charge in [-0.1, -0.05) is 6.20 Å². The van der Waals surface area contributed by atoms with E-state index >= 15 is 0 Å². The molecule has 0 aliphatic carbocycles. The van der Waals surface area contributed by atoms with Gasteiger partial charge in [-0.05, 0) is 0 Å². The van der Waals surface area contributed by atoms with Gasteiger partial charge in [-0.3, -0.25) is 6.07 Å². The van der Waals surface area contributed by atoms with E-state index in [1.807, 2.05) is 0 Å². The normalized spacial score (nSPS) is 7.56. The van der Waals surface area contributed by atoms with Crippen LogP contribution in [0.3, 0.4) is 0 Å². The number of nitrogens with zero attached hydrogens (tertiary/aromatic N) is 2. The summed E-state index contributed by atoms with van der Waals surface area (Å²) in [6.07, 6.45) is 3.16. The van der Waals surface area contributed by atoms with Gasteiger partial charge >= 0.3 is 0 Å². The van der Waals surface area contributed by atoms with E-state index in [1.165, 1.54) is 0 Å². The van der Waals surface area contributed by atoms with E-state index in [0.29, 0.717) is 5.69 Å². The van der Waals surface area contributed by atoms with E-state index in [9.17, 15) is 0 Å². The van der Waals surface area contributed by atoms with Crippen LogP contribution in [0.5, 0.6) is 0 Å². The Morgan fingerprint density at radius 2 is 2.44 bits per heavy atom. The summed E-state index contributed by atoms with van der Waals surface area (Å²) < 4.78 is 0. The van der Waals surface area contributed by atoms with Gasteiger partial charge in [0.1, 0.15) is 0 Å². The van der Waals surface area contributed by atoms with Crippen molar-refractivity contribution in [1.82, 2.24) is 4.98 Å². The Bertz CT molecular complexity index is 174. The van der Waals surface area contributed by atoms with Gasteiger partial charge in [0, 0.05) is 32.7 Å². The summed E-state index contributed by atoms with van der Waals surface area (Å²) in [5.74, 6) is 0. The molecule has 9 heavy (non-hydrogen) atoms. The topological polar surface area (TPSA) is 25.2 Å². The molecule has 1 aromatic rings. The van der Waals surface area contributed by atoms with Gasteiger partial charge in [0.2, 0.25) is 0 Å². The average Bonchev–Trinajstić information content (AvgIpc) is 1.90. The molecule has 1 aromatic heterocycles. The van der Waals surface area contributed by atoms with Crippen molar-refractivity contribution < 1.29 is 32.7 Å². The Morgan fingerprint density at radius 1 is 1.67 bits per heavy atom. The zero-order chi connectivity index (χ0) is 5.82. The smallest absolute Gasteiger partial charge is 0 e. The van der Waals surface area contributed by atoms with Gasteiger partial charge in [0.25, 0.3) is 0 Å². The van der Waals surface area contributed by atoms with Gasteiger partial charge in [-0.15, -0.1) is 6.20 Å². The average molecular weight is 193 g/mol. The Hall–Kier alpha value is -0.0761. The quantitative estimate of drug-likeness (QED) is 0.484. The second-order valence-electron chi connectivity index (χ2n) is 1.25. The molecule has 0 atom stereocenters. The molecular formula is C6H4N2Y-2. The Morgan fingerprint density at radius 3 is 2.78 bits per heavy atom. The van der Waals surface area contributed by atoms with Crippen molar-refractivity contribution in [2.24, 2.45) is 4.99 Å². The molecule has 0 N–H and O–H groups in total. The summed E-state index contributed by atoms with van der Waals surface area (Å²) >= 11 is 0. The molecule has 0 saturated heterocycles. The summed E-state index contributed by atoms with van der Waals surface area (Å²) in [5.41, 5.74) is 0.576. The van der Waals surface area contributed by atoms with Crippen molar-refractivity contribution in [2.45, 2.75) is 0 Å². The second-order valence-corrected chi connectivity index (χ2v) is 1.25. The van der Waals surface area contributed by atoms with Crippen LogP contribution in [0.2, 0.25) is 0 Å². The Labute approximate surface area is 79.3 Å². The molecule has 2 nitrogen and oxygen atoms in total. The number of rotatable bonds is 1. The van der Waals surface area contributed by atoms with Gasteiger partial charge in [-0.2, -0.15) is 18.5 Å².